The number of sulfone groups is 1. The van der Waals surface area contributed by atoms with Gasteiger partial charge in [-0.1, -0.05) is 31.5 Å². The maximum Gasteiger partial charge on any atom is 0.290 e. The second-order valence-corrected chi connectivity index (χ2v) is 9.46. The van der Waals surface area contributed by atoms with Gasteiger partial charge in [-0.15, -0.1) is 0 Å². The summed E-state index contributed by atoms with van der Waals surface area (Å²) in [4.78, 5) is 15.1. The van der Waals surface area contributed by atoms with E-state index in [1.807, 2.05) is 23.1 Å². The van der Waals surface area contributed by atoms with Gasteiger partial charge in [0.1, 0.15) is 5.58 Å². The first-order chi connectivity index (χ1) is 11.8. The summed E-state index contributed by atoms with van der Waals surface area (Å²) in [5.41, 5.74) is 1.03. The molecule has 2 heterocycles. The minimum atomic E-state index is -3.29. The Kier molecular flexibility index (Phi) is 4.91. The van der Waals surface area contributed by atoms with Crippen LogP contribution >= 0.6 is 0 Å². The van der Waals surface area contributed by atoms with Gasteiger partial charge < -0.3 is 9.32 Å². The van der Waals surface area contributed by atoms with Gasteiger partial charge >= 0.3 is 0 Å². The molecular formula is C19H25NO4S. The minimum absolute atomic E-state index is 0.122. The maximum absolute atomic E-state index is 13.2. The van der Waals surface area contributed by atoms with E-state index in [1.165, 1.54) is 6.26 Å². The van der Waals surface area contributed by atoms with Crippen LogP contribution in [0.2, 0.25) is 0 Å². The molecule has 0 bridgehead atoms. The highest BCUT2D eigenvalue weighted by Gasteiger charge is 2.31. The molecule has 2 aromatic rings. The lowest BCUT2D eigenvalue weighted by molar-refractivity contribution is 0.0646. The molecule has 1 saturated heterocycles. The molecule has 1 aliphatic rings. The van der Waals surface area contributed by atoms with E-state index in [1.54, 1.807) is 6.07 Å². The predicted octanol–water partition coefficient (Wildman–Crippen LogP) is 3.63. The Morgan fingerprint density at radius 1 is 1.24 bits per heavy atom. The standard InChI is InChI=1S/C19H25NO4S/c1-13-7-6-8-14(2)20(11-13)19(21)18-16(12-25(3,22)23)15-9-4-5-10-17(15)24-18/h4-5,9-10,13-14H,6-8,11-12H2,1-3H3/t13-,14-/m1/s1. The van der Waals surface area contributed by atoms with Crippen LogP contribution in [-0.4, -0.2) is 38.1 Å². The zero-order valence-electron chi connectivity index (χ0n) is 15.0. The third kappa shape index (κ3) is 3.89. The monoisotopic (exact) mass is 363 g/mol. The summed E-state index contributed by atoms with van der Waals surface area (Å²) < 4.78 is 29.6. The molecule has 136 valence electrons. The van der Waals surface area contributed by atoms with Crippen molar-refractivity contribution in [1.29, 1.82) is 0 Å². The van der Waals surface area contributed by atoms with E-state index < -0.39 is 9.84 Å². The SMILES string of the molecule is C[C@@H]1CCC[C@@H](C)N(C(=O)c2oc3ccccc3c2CS(C)(=O)=O)C1. The molecule has 2 atom stereocenters. The Bertz CT molecular complexity index is 884. The fourth-order valence-electron chi connectivity index (χ4n) is 3.62. The normalized spacial score (nSPS) is 22.1. The molecule has 1 aliphatic heterocycles. The highest BCUT2D eigenvalue weighted by Crippen LogP contribution is 2.30. The topological polar surface area (TPSA) is 67.6 Å². The number of rotatable bonds is 3. The van der Waals surface area contributed by atoms with Crippen molar-refractivity contribution in [2.24, 2.45) is 5.92 Å². The molecule has 5 nitrogen and oxygen atoms in total. The van der Waals surface area contributed by atoms with Crippen molar-refractivity contribution in [3.05, 3.63) is 35.6 Å². The van der Waals surface area contributed by atoms with E-state index in [2.05, 4.69) is 13.8 Å². The number of nitrogens with zero attached hydrogens (tertiary/aromatic N) is 1. The number of likely N-dealkylation sites (tertiary alicyclic amines) is 1. The Morgan fingerprint density at radius 3 is 2.68 bits per heavy atom. The molecule has 1 amide bonds. The van der Waals surface area contributed by atoms with E-state index >= 15 is 0 Å². The first kappa shape index (κ1) is 18.0. The van der Waals surface area contributed by atoms with E-state index in [0.29, 0.717) is 29.0 Å². The van der Waals surface area contributed by atoms with Crippen molar-refractivity contribution in [3.63, 3.8) is 0 Å². The van der Waals surface area contributed by atoms with Crippen molar-refractivity contribution in [3.8, 4) is 0 Å². The molecule has 0 spiro atoms. The van der Waals surface area contributed by atoms with Crippen LogP contribution in [0.1, 0.15) is 49.2 Å². The van der Waals surface area contributed by atoms with Gasteiger partial charge in [0, 0.05) is 29.8 Å². The van der Waals surface area contributed by atoms with E-state index in [0.717, 1.165) is 19.3 Å². The largest absolute Gasteiger partial charge is 0.451 e. The fraction of sp³-hybridized carbons (Fsp3) is 0.526. The van der Waals surface area contributed by atoms with E-state index in [9.17, 15) is 13.2 Å². The van der Waals surface area contributed by atoms with Gasteiger partial charge in [0.2, 0.25) is 0 Å². The molecule has 6 heteroatoms. The van der Waals surface area contributed by atoms with Crippen LogP contribution in [0.4, 0.5) is 0 Å². The van der Waals surface area contributed by atoms with Crippen molar-refractivity contribution >= 4 is 26.7 Å². The summed E-state index contributed by atoms with van der Waals surface area (Å²) in [6.07, 6.45) is 4.34. The Hall–Kier alpha value is -1.82. The number of para-hydroxylation sites is 1. The maximum atomic E-state index is 13.2. The summed E-state index contributed by atoms with van der Waals surface area (Å²) in [7, 11) is -3.29. The second kappa shape index (κ2) is 6.83. The molecule has 25 heavy (non-hydrogen) atoms. The number of benzene rings is 1. The van der Waals surface area contributed by atoms with Crippen LogP contribution in [0.25, 0.3) is 11.0 Å². The van der Waals surface area contributed by atoms with Gasteiger partial charge in [-0.05, 0) is 31.7 Å². The number of carbonyl (C=O) groups excluding carboxylic acids is 1. The number of fused-ring (bicyclic) bond motifs is 1. The van der Waals surface area contributed by atoms with Gasteiger partial charge in [0.25, 0.3) is 5.91 Å². The molecule has 0 aliphatic carbocycles. The van der Waals surface area contributed by atoms with Gasteiger partial charge in [0.15, 0.2) is 15.6 Å². The van der Waals surface area contributed by atoms with Crippen molar-refractivity contribution < 1.29 is 17.6 Å². The lowest BCUT2D eigenvalue weighted by atomic mass is 10.1. The quantitative estimate of drug-likeness (QED) is 0.835. The third-order valence-electron chi connectivity index (χ3n) is 4.92. The Labute approximate surface area is 148 Å². The fourth-order valence-corrected chi connectivity index (χ4v) is 4.43. The first-order valence-electron chi connectivity index (χ1n) is 8.75. The second-order valence-electron chi connectivity index (χ2n) is 7.32. The highest BCUT2D eigenvalue weighted by molar-refractivity contribution is 7.89. The summed E-state index contributed by atoms with van der Waals surface area (Å²) in [6.45, 7) is 4.87. The zero-order valence-corrected chi connectivity index (χ0v) is 15.8. The Balaban J connectivity index is 2.07. The molecule has 0 saturated carbocycles. The molecule has 0 unspecified atom stereocenters. The van der Waals surface area contributed by atoms with Crippen LogP contribution in [0.15, 0.2) is 28.7 Å². The zero-order chi connectivity index (χ0) is 18.2. The van der Waals surface area contributed by atoms with Crippen molar-refractivity contribution in [2.45, 2.75) is 44.9 Å². The summed E-state index contributed by atoms with van der Waals surface area (Å²) in [5.74, 6) is 0.211. The summed E-state index contributed by atoms with van der Waals surface area (Å²) >= 11 is 0. The number of hydrogen-bond acceptors (Lipinski definition) is 4. The first-order valence-corrected chi connectivity index (χ1v) is 10.8. The average Bonchev–Trinajstić information content (AvgIpc) is 2.79. The summed E-state index contributed by atoms with van der Waals surface area (Å²) in [5, 5.41) is 0.701. The van der Waals surface area contributed by atoms with E-state index in [4.69, 9.17) is 4.42 Å². The minimum Gasteiger partial charge on any atom is -0.451 e. The van der Waals surface area contributed by atoms with Crippen molar-refractivity contribution in [2.75, 3.05) is 12.8 Å². The molecule has 1 aromatic heterocycles. The molecular weight excluding hydrogens is 338 g/mol. The average molecular weight is 363 g/mol. The lowest BCUT2D eigenvalue weighted by Gasteiger charge is -2.28. The lowest BCUT2D eigenvalue weighted by Crippen LogP contribution is -2.40. The molecule has 0 radical (unpaired) electrons. The van der Waals surface area contributed by atoms with Crippen LogP contribution in [-0.2, 0) is 15.6 Å². The predicted molar refractivity (Wildman–Crippen MR) is 98.3 cm³/mol. The number of hydrogen-bond donors (Lipinski definition) is 0. The van der Waals surface area contributed by atoms with Crippen LogP contribution in [0, 0.1) is 5.92 Å². The van der Waals surface area contributed by atoms with Crippen LogP contribution in [0.3, 0.4) is 0 Å². The molecule has 3 rings (SSSR count). The highest BCUT2D eigenvalue weighted by atomic mass is 32.2. The smallest absolute Gasteiger partial charge is 0.290 e. The van der Waals surface area contributed by atoms with Gasteiger partial charge in [0.05, 0.1) is 5.75 Å². The van der Waals surface area contributed by atoms with E-state index in [-0.39, 0.29) is 23.5 Å². The van der Waals surface area contributed by atoms with Gasteiger partial charge in [-0.3, -0.25) is 4.79 Å². The molecule has 1 aromatic carbocycles. The third-order valence-corrected chi connectivity index (χ3v) is 5.73. The van der Waals surface area contributed by atoms with Crippen molar-refractivity contribution in [1.82, 2.24) is 4.90 Å². The number of amides is 1. The molecule has 1 fully saturated rings. The van der Waals surface area contributed by atoms with Gasteiger partial charge in [-0.25, -0.2) is 8.42 Å². The van der Waals surface area contributed by atoms with Gasteiger partial charge in [-0.2, -0.15) is 0 Å². The number of furan rings is 1. The van der Waals surface area contributed by atoms with Crippen LogP contribution in [0.5, 0.6) is 0 Å². The Morgan fingerprint density at radius 2 is 1.96 bits per heavy atom. The number of carbonyl (C=O) groups is 1. The molecule has 0 N–H and O–H groups in total. The van der Waals surface area contributed by atoms with Crippen LogP contribution < -0.4 is 0 Å². The summed E-state index contributed by atoms with van der Waals surface area (Å²) in [6, 6.07) is 7.35.